The molecule has 144 valence electrons. The van der Waals surface area contributed by atoms with E-state index in [1.54, 1.807) is 18.2 Å². The smallest absolute Gasteiger partial charge is 0.335 e. The van der Waals surface area contributed by atoms with E-state index in [9.17, 15) is 24.6 Å². The van der Waals surface area contributed by atoms with Crippen molar-refractivity contribution in [3.05, 3.63) is 52.1 Å². The van der Waals surface area contributed by atoms with Crippen LogP contribution in [0.15, 0.2) is 39.7 Å². The summed E-state index contributed by atoms with van der Waals surface area (Å²) >= 11 is 6.41. The van der Waals surface area contributed by atoms with Crippen LogP contribution in [0.4, 0.5) is 0 Å². The summed E-state index contributed by atoms with van der Waals surface area (Å²) in [5, 5.41) is 18.4. The lowest BCUT2D eigenvalue weighted by Gasteiger charge is -2.11. The van der Waals surface area contributed by atoms with Gasteiger partial charge in [-0.15, -0.1) is 0 Å². The first-order chi connectivity index (χ1) is 13.3. The molecule has 9 heteroatoms. The summed E-state index contributed by atoms with van der Waals surface area (Å²) in [4.78, 5) is 36.9. The highest BCUT2D eigenvalue weighted by Crippen LogP contribution is 2.34. The number of aromatic carboxylic acids is 2. The average Bonchev–Trinajstić information content (AvgIpc) is 3.22. The van der Waals surface area contributed by atoms with Crippen molar-refractivity contribution in [2.24, 2.45) is 0 Å². The molecule has 1 aliphatic rings. The topological polar surface area (TPSA) is 108 Å². The Bertz CT molecular complexity index is 991. The van der Waals surface area contributed by atoms with Gasteiger partial charge in [-0.2, -0.15) is 0 Å². The zero-order valence-electron chi connectivity index (χ0n) is 14.7. The molecule has 0 saturated carbocycles. The van der Waals surface area contributed by atoms with Crippen molar-refractivity contribution in [1.29, 1.82) is 0 Å². The number of thiocarbonyl (C=S) groups is 1. The van der Waals surface area contributed by atoms with E-state index in [0.29, 0.717) is 32.9 Å². The second-order valence-corrected chi connectivity index (χ2v) is 7.62. The van der Waals surface area contributed by atoms with Gasteiger partial charge in [0.2, 0.25) is 0 Å². The highest BCUT2D eigenvalue weighted by molar-refractivity contribution is 8.26. The molecule has 2 N–H and O–H groups in total. The molecule has 1 saturated heterocycles. The van der Waals surface area contributed by atoms with Gasteiger partial charge in [-0.3, -0.25) is 9.69 Å². The Balaban J connectivity index is 1.93. The van der Waals surface area contributed by atoms with Crippen molar-refractivity contribution in [1.82, 2.24) is 4.90 Å². The Labute approximate surface area is 169 Å². The van der Waals surface area contributed by atoms with E-state index < -0.39 is 11.9 Å². The minimum absolute atomic E-state index is 0.159. The van der Waals surface area contributed by atoms with E-state index in [4.69, 9.17) is 16.6 Å². The summed E-state index contributed by atoms with van der Waals surface area (Å²) in [5.41, 5.74) is -0.00273. The lowest BCUT2D eigenvalue weighted by molar-refractivity contribution is -0.122. The summed E-state index contributed by atoms with van der Waals surface area (Å²) in [5.74, 6) is -1.99. The van der Waals surface area contributed by atoms with E-state index in [0.717, 1.165) is 12.5 Å². The van der Waals surface area contributed by atoms with Crippen LogP contribution in [0.25, 0.3) is 17.4 Å². The second-order valence-electron chi connectivity index (χ2n) is 5.94. The molecule has 2 aromatic rings. The molecule has 1 aromatic heterocycles. The number of furan rings is 1. The number of thioether (sulfide) groups is 1. The highest BCUT2D eigenvalue weighted by atomic mass is 32.2. The zero-order valence-corrected chi connectivity index (χ0v) is 16.3. The molecule has 3 rings (SSSR count). The summed E-state index contributed by atoms with van der Waals surface area (Å²) < 4.78 is 6.18. The number of carbonyl (C=O) groups is 3. The van der Waals surface area contributed by atoms with Crippen LogP contribution in [-0.2, 0) is 4.79 Å². The summed E-state index contributed by atoms with van der Waals surface area (Å²) in [6.45, 7) is 2.50. The maximum Gasteiger partial charge on any atom is 0.335 e. The normalized spacial score (nSPS) is 15.5. The predicted molar refractivity (Wildman–Crippen MR) is 108 cm³/mol. The molecule has 1 aromatic carbocycles. The molecule has 7 nitrogen and oxygen atoms in total. The van der Waals surface area contributed by atoms with Gasteiger partial charge in [-0.25, -0.2) is 9.59 Å². The van der Waals surface area contributed by atoms with Gasteiger partial charge in [0.05, 0.1) is 16.0 Å². The van der Waals surface area contributed by atoms with Gasteiger partial charge in [-0.05, 0) is 36.8 Å². The molecular weight excluding hydrogens is 402 g/mol. The van der Waals surface area contributed by atoms with Gasteiger partial charge in [0.1, 0.15) is 15.8 Å². The van der Waals surface area contributed by atoms with Gasteiger partial charge in [0, 0.05) is 18.2 Å². The highest BCUT2D eigenvalue weighted by Gasteiger charge is 2.31. The van der Waals surface area contributed by atoms with E-state index in [2.05, 4.69) is 0 Å². The number of hydrogen-bond donors (Lipinski definition) is 2. The molecule has 1 amide bonds. The van der Waals surface area contributed by atoms with Gasteiger partial charge in [-0.1, -0.05) is 30.9 Å². The summed E-state index contributed by atoms with van der Waals surface area (Å²) in [6, 6.07) is 6.95. The number of benzene rings is 1. The van der Waals surface area contributed by atoms with Crippen LogP contribution in [0.2, 0.25) is 0 Å². The molecule has 0 bridgehead atoms. The van der Waals surface area contributed by atoms with Crippen LogP contribution in [0.3, 0.4) is 0 Å². The Morgan fingerprint density at radius 2 is 1.82 bits per heavy atom. The SMILES string of the molecule is CCCN1C(=O)C(=Cc2ccc(-c3cc(C(=O)O)cc(C(=O)O)c3)o2)SC1=S. The van der Waals surface area contributed by atoms with Gasteiger partial charge in [0.15, 0.2) is 0 Å². The molecular formula is C19H15NO6S2. The molecule has 28 heavy (non-hydrogen) atoms. The van der Waals surface area contributed by atoms with Crippen molar-refractivity contribution < 1.29 is 29.0 Å². The van der Waals surface area contributed by atoms with Crippen molar-refractivity contribution in [3.8, 4) is 11.3 Å². The standard InChI is InChI=1S/C19H15NO6S2/c1-2-5-20-16(21)15(28-19(20)27)9-13-3-4-14(26-13)10-6-11(17(22)23)8-12(7-10)18(24)25/h3-4,6-9H,2,5H2,1H3,(H,22,23)(H,24,25). The first-order valence-corrected chi connectivity index (χ1v) is 9.50. The fraction of sp³-hybridized carbons (Fsp3) is 0.158. The van der Waals surface area contributed by atoms with Crippen LogP contribution in [0.1, 0.15) is 39.8 Å². The molecule has 1 fully saturated rings. The number of carboxylic acids is 2. The third-order valence-electron chi connectivity index (χ3n) is 3.93. The van der Waals surface area contributed by atoms with Crippen LogP contribution in [0, 0.1) is 0 Å². The molecule has 0 spiro atoms. The van der Waals surface area contributed by atoms with Crippen molar-refractivity contribution in [2.75, 3.05) is 6.54 Å². The zero-order chi connectivity index (χ0) is 20.4. The van der Waals surface area contributed by atoms with Crippen LogP contribution in [0.5, 0.6) is 0 Å². The predicted octanol–water partition coefficient (Wildman–Crippen LogP) is 3.95. The largest absolute Gasteiger partial charge is 0.478 e. The van der Waals surface area contributed by atoms with Gasteiger partial charge >= 0.3 is 11.9 Å². The lowest BCUT2D eigenvalue weighted by atomic mass is 10.0. The van der Waals surface area contributed by atoms with E-state index in [1.165, 1.54) is 28.8 Å². The summed E-state index contributed by atoms with van der Waals surface area (Å²) in [7, 11) is 0. The number of hydrogen-bond acceptors (Lipinski definition) is 6. The minimum Gasteiger partial charge on any atom is -0.478 e. The van der Waals surface area contributed by atoms with E-state index in [-0.39, 0.29) is 17.0 Å². The molecule has 0 unspecified atom stereocenters. The van der Waals surface area contributed by atoms with Crippen molar-refractivity contribution in [3.63, 3.8) is 0 Å². The third-order valence-corrected chi connectivity index (χ3v) is 5.31. The fourth-order valence-corrected chi connectivity index (χ4v) is 3.94. The minimum atomic E-state index is -1.24. The first-order valence-electron chi connectivity index (χ1n) is 8.27. The van der Waals surface area contributed by atoms with Crippen LogP contribution < -0.4 is 0 Å². The fourth-order valence-electron chi connectivity index (χ4n) is 2.65. The maximum absolute atomic E-state index is 12.4. The molecule has 0 atom stereocenters. The summed E-state index contributed by atoms with van der Waals surface area (Å²) in [6.07, 6.45) is 2.36. The maximum atomic E-state index is 12.4. The number of rotatable bonds is 6. The molecule has 1 aliphatic heterocycles. The van der Waals surface area contributed by atoms with E-state index in [1.807, 2.05) is 6.92 Å². The van der Waals surface area contributed by atoms with Crippen molar-refractivity contribution in [2.45, 2.75) is 13.3 Å². The molecule has 0 radical (unpaired) electrons. The third kappa shape index (κ3) is 4.00. The Hall–Kier alpha value is -2.91. The Kier molecular flexibility index (Phi) is 5.66. The van der Waals surface area contributed by atoms with E-state index >= 15 is 0 Å². The molecule has 0 aliphatic carbocycles. The van der Waals surface area contributed by atoms with Gasteiger partial charge < -0.3 is 14.6 Å². The Morgan fingerprint density at radius 3 is 2.39 bits per heavy atom. The number of amides is 1. The van der Waals surface area contributed by atoms with Crippen LogP contribution >= 0.6 is 24.0 Å². The first kappa shape index (κ1) is 19.8. The molecule has 2 heterocycles. The number of carbonyl (C=O) groups excluding carboxylic acids is 1. The Morgan fingerprint density at radius 1 is 1.18 bits per heavy atom. The van der Waals surface area contributed by atoms with Crippen molar-refractivity contribution >= 4 is 52.2 Å². The number of carboxylic acid groups (broad SMARTS) is 2. The monoisotopic (exact) mass is 417 g/mol. The number of nitrogens with zero attached hydrogens (tertiary/aromatic N) is 1. The average molecular weight is 417 g/mol. The van der Waals surface area contributed by atoms with Gasteiger partial charge in [0.25, 0.3) is 5.91 Å². The lowest BCUT2D eigenvalue weighted by Crippen LogP contribution is -2.28. The van der Waals surface area contributed by atoms with Crippen LogP contribution in [-0.4, -0.2) is 43.8 Å². The quantitative estimate of drug-likeness (QED) is 0.537. The second kappa shape index (κ2) is 7.99.